The summed E-state index contributed by atoms with van der Waals surface area (Å²) >= 11 is 0. The van der Waals surface area contributed by atoms with Gasteiger partial charge in [-0.15, -0.1) is 13.2 Å². The second kappa shape index (κ2) is 9.14. The number of carbonyl (C=O) groups is 1. The molecule has 0 fully saturated rings. The summed E-state index contributed by atoms with van der Waals surface area (Å²) in [6, 6.07) is 9.30. The SMILES string of the molecule is C=CCC[C@H](N[C@H](C(=O)OC)c1ccccc1)C(C)C=C. The minimum atomic E-state index is -0.464. The van der Waals surface area contributed by atoms with Crippen LogP contribution in [0.5, 0.6) is 0 Å². The van der Waals surface area contributed by atoms with E-state index in [0.717, 1.165) is 18.4 Å². The zero-order valence-corrected chi connectivity index (χ0v) is 12.9. The Morgan fingerprint density at radius 3 is 2.52 bits per heavy atom. The Kier molecular flexibility index (Phi) is 7.48. The van der Waals surface area contributed by atoms with Gasteiger partial charge in [0.2, 0.25) is 0 Å². The van der Waals surface area contributed by atoms with Crippen LogP contribution in [0.3, 0.4) is 0 Å². The minimum Gasteiger partial charge on any atom is -0.468 e. The van der Waals surface area contributed by atoms with Crippen molar-refractivity contribution in [3.05, 3.63) is 61.2 Å². The monoisotopic (exact) mass is 287 g/mol. The smallest absolute Gasteiger partial charge is 0.327 e. The summed E-state index contributed by atoms with van der Waals surface area (Å²) in [4.78, 5) is 12.1. The molecule has 3 atom stereocenters. The second-order valence-corrected chi connectivity index (χ2v) is 5.10. The van der Waals surface area contributed by atoms with E-state index in [-0.39, 0.29) is 17.9 Å². The third-order valence-corrected chi connectivity index (χ3v) is 3.64. The predicted molar refractivity (Wildman–Crippen MR) is 86.9 cm³/mol. The summed E-state index contributed by atoms with van der Waals surface area (Å²) in [6.07, 6.45) is 5.58. The highest BCUT2D eigenvalue weighted by Crippen LogP contribution is 2.20. The first-order valence-corrected chi connectivity index (χ1v) is 7.26. The average Bonchev–Trinajstić information content (AvgIpc) is 2.54. The molecule has 1 N–H and O–H groups in total. The Bertz CT molecular complexity index is 456. The molecule has 0 aliphatic carbocycles. The van der Waals surface area contributed by atoms with E-state index in [9.17, 15) is 4.79 Å². The number of nitrogens with one attached hydrogen (secondary N) is 1. The van der Waals surface area contributed by atoms with E-state index in [4.69, 9.17) is 4.74 Å². The molecule has 0 aliphatic heterocycles. The Morgan fingerprint density at radius 1 is 1.33 bits per heavy atom. The number of methoxy groups -OCH3 is 1. The Balaban J connectivity index is 2.94. The van der Waals surface area contributed by atoms with Gasteiger partial charge < -0.3 is 4.74 Å². The molecular formula is C18H25NO2. The molecule has 21 heavy (non-hydrogen) atoms. The molecule has 1 aromatic rings. The Labute approximate surface area is 127 Å². The minimum absolute atomic E-state index is 0.143. The molecule has 0 amide bonds. The fraction of sp³-hybridized carbons (Fsp3) is 0.389. The van der Waals surface area contributed by atoms with Crippen LogP contribution in [0.1, 0.15) is 31.4 Å². The first-order valence-electron chi connectivity index (χ1n) is 7.26. The number of rotatable bonds is 9. The third kappa shape index (κ3) is 5.20. The highest BCUT2D eigenvalue weighted by atomic mass is 16.5. The van der Waals surface area contributed by atoms with Crippen LogP contribution in [-0.4, -0.2) is 19.1 Å². The van der Waals surface area contributed by atoms with Gasteiger partial charge in [-0.05, 0) is 24.3 Å². The van der Waals surface area contributed by atoms with E-state index in [2.05, 4.69) is 25.4 Å². The lowest BCUT2D eigenvalue weighted by molar-refractivity contribution is -0.143. The number of allylic oxidation sites excluding steroid dienone is 1. The lowest BCUT2D eigenvalue weighted by atomic mass is 9.95. The van der Waals surface area contributed by atoms with Gasteiger partial charge in [-0.25, -0.2) is 4.79 Å². The van der Waals surface area contributed by atoms with E-state index >= 15 is 0 Å². The first kappa shape index (κ1) is 17.2. The molecule has 0 heterocycles. The van der Waals surface area contributed by atoms with Gasteiger partial charge in [-0.1, -0.05) is 49.4 Å². The second-order valence-electron chi connectivity index (χ2n) is 5.10. The third-order valence-electron chi connectivity index (χ3n) is 3.64. The number of hydrogen-bond donors (Lipinski definition) is 1. The van der Waals surface area contributed by atoms with Gasteiger partial charge in [0.05, 0.1) is 7.11 Å². The van der Waals surface area contributed by atoms with E-state index in [0.29, 0.717) is 0 Å². The van der Waals surface area contributed by atoms with Crippen LogP contribution in [0.15, 0.2) is 55.6 Å². The fourth-order valence-corrected chi connectivity index (χ4v) is 2.24. The molecule has 0 spiro atoms. The van der Waals surface area contributed by atoms with Crippen molar-refractivity contribution in [3.63, 3.8) is 0 Å². The topological polar surface area (TPSA) is 38.3 Å². The summed E-state index contributed by atoms with van der Waals surface area (Å²) in [7, 11) is 1.41. The molecule has 0 saturated heterocycles. The van der Waals surface area contributed by atoms with Crippen molar-refractivity contribution in [1.82, 2.24) is 5.32 Å². The largest absolute Gasteiger partial charge is 0.468 e. The van der Waals surface area contributed by atoms with Crippen molar-refractivity contribution in [1.29, 1.82) is 0 Å². The van der Waals surface area contributed by atoms with Crippen LogP contribution in [0.4, 0.5) is 0 Å². The molecule has 1 aromatic carbocycles. The molecule has 1 rings (SSSR count). The maximum Gasteiger partial charge on any atom is 0.327 e. The lowest BCUT2D eigenvalue weighted by Gasteiger charge is -2.27. The molecule has 1 unspecified atom stereocenters. The molecule has 0 radical (unpaired) electrons. The van der Waals surface area contributed by atoms with Gasteiger partial charge in [0.15, 0.2) is 0 Å². The van der Waals surface area contributed by atoms with Crippen molar-refractivity contribution in [3.8, 4) is 0 Å². The maximum atomic E-state index is 12.1. The first-order chi connectivity index (χ1) is 10.1. The lowest BCUT2D eigenvalue weighted by Crippen LogP contribution is -2.40. The molecule has 0 aromatic heterocycles. The zero-order chi connectivity index (χ0) is 15.7. The highest BCUT2D eigenvalue weighted by Gasteiger charge is 2.26. The molecule has 3 nitrogen and oxygen atoms in total. The van der Waals surface area contributed by atoms with E-state index < -0.39 is 6.04 Å². The van der Waals surface area contributed by atoms with Gasteiger partial charge >= 0.3 is 5.97 Å². The summed E-state index contributed by atoms with van der Waals surface area (Å²) < 4.78 is 4.94. The number of benzene rings is 1. The summed E-state index contributed by atoms with van der Waals surface area (Å²) in [5.74, 6) is -0.0260. The summed E-state index contributed by atoms with van der Waals surface area (Å²) in [5.41, 5.74) is 0.907. The van der Waals surface area contributed by atoms with Crippen molar-refractivity contribution >= 4 is 5.97 Å². The number of carbonyl (C=O) groups excluding carboxylic acids is 1. The molecule has 0 saturated carbocycles. The predicted octanol–water partition coefficient (Wildman–Crippen LogP) is 3.65. The van der Waals surface area contributed by atoms with Gasteiger partial charge in [-0.3, -0.25) is 5.32 Å². The zero-order valence-electron chi connectivity index (χ0n) is 12.9. The summed E-state index contributed by atoms with van der Waals surface area (Å²) in [6.45, 7) is 9.70. The number of ether oxygens (including phenoxy) is 1. The number of esters is 1. The van der Waals surface area contributed by atoms with Crippen LogP contribution in [0.25, 0.3) is 0 Å². The van der Waals surface area contributed by atoms with Gasteiger partial charge in [0.1, 0.15) is 6.04 Å². The fourth-order valence-electron chi connectivity index (χ4n) is 2.24. The van der Waals surface area contributed by atoms with Gasteiger partial charge in [0, 0.05) is 6.04 Å². The molecule has 3 heteroatoms. The average molecular weight is 287 g/mol. The van der Waals surface area contributed by atoms with Gasteiger partial charge in [0.25, 0.3) is 0 Å². The Hall–Kier alpha value is -1.87. The quantitative estimate of drug-likeness (QED) is 0.556. The van der Waals surface area contributed by atoms with Crippen molar-refractivity contribution in [2.24, 2.45) is 5.92 Å². The van der Waals surface area contributed by atoms with Crippen LogP contribution < -0.4 is 5.32 Å². The van der Waals surface area contributed by atoms with E-state index in [1.807, 2.05) is 42.5 Å². The van der Waals surface area contributed by atoms with Crippen LogP contribution in [0.2, 0.25) is 0 Å². The van der Waals surface area contributed by atoms with Gasteiger partial charge in [-0.2, -0.15) is 0 Å². The van der Waals surface area contributed by atoms with Crippen LogP contribution in [0, 0.1) is 5.92 Å². The van der Waals surface area contributed by atoms with Crippen molar-refractivity contribution in [2.75, 3.05) is 7.11 Å². The summed E-state index contributed by atoms with van der Waals surface area (Å²) in [5, 5.41) is 3.41. The molecule has 114 valence electrons. The normalized spacial score (nSPS) is 14.8. The van der Waals surface area contributed by atoms with Crippen molar-refractivity contribution < 1.29 is 9.53 Å². The van der Waals surface area contributed by atoms with Crippen LogP contribution >= 0.6 is 0 Å². The maximum absolute atomic E-state index is 12.1. The molecule has 0 bridgehead atoms. The highest BCUT2D eigenvalue weighted by molar-refractivity contribution is 5.77. The standard InChI is InChI=1S/C18H25NO2/c1-5-7-13-16(14(3)6-2)19-17(18(20)21-4)15-11-9-8-10-12-15/h5-6,8-12,14,16-17,19H,1-2,7,13H2,3-4H3/t14?,16-,17-/m0/s1. The molecular weight excluding hydrogens is 262 g/mol. The van der Waals surface area contributed by atoms with Crippen molar-refractivity contribution in [2.45, 2.75) is 31.8 Å². The van der Waals surface area contributed by atoms with E-state index in [1.165, 1.54) is 7.11 Å². The Morgan fingerprint density at radius 2 is 2.00 bits per heavy atom. The number of hydrogen-bond acceptors (Lipinski definition) is 3. The van der Waals surface area contributed by atoms with Crippen LogP contribution in [-0.2, 0) is 9.53 Å². The molecule has 0 aliphatic rings. The van der Waals surface area contributed by atoms with E-state index in [1.54, 1.807) is 0 Å².